The molecule has 0 amide bonds. The number of alkyl halides is 3. The quantitative estimate of drug-likeness (QED) is 0.352. The molecule has 0 unspecified atom stereocenters. The topological polar surface area (TPSA) is 68.5 Å². The third-order valence-corrected chi connectivity index (χ3v) is 3.78. The van der Waals surface area contributed by atoms with Crippen molar-refractivity contribution in [3.05, 3.63) is 66.4 Å². The first-order chi connectivity index (χ1) is 11.6. The Kier molecular flexibility index (Phi) is 5.44. The van der Waals surface area contributed by atoms with Gasteiger partial charge in [-0.15, -0.1) is 0 Å². The highest BCUT2D eigenvalue weighted by Gasteiger charge is 2.36. The molecule has 0 spiro atoms. The second-order valence-corrected chi connectivity index (χ2v) is 6.51. The summed E-state index contributed by atoms with van der Waals surface area (Å²) >= 11 is 0. The molecule has 0 bridgehead atoms. The predicted octanol–water partition coefficient (Wildman–Crippen LogP) is 4.74. The zero-order chi connectivity index (χ0) is 18.7. The zero-order valence-corrected chi connectivity index (χ0v) is 13.8. The Hall–Kier alpha value is -2.45. The lowest BCUT2D eigenvalue weighted by Gasteiger charge is -2.08. The molecular formula is C17H13F3O4S. The predicted molar refractivity (Wildman–Crippen MR) is 86.5 cm³/mol. The van der Waals surface area contributed by atoms with Crippen LogP contribution in [0.1, 0.15) is 5.56 Å². The van der Waals surface area contributed by atoms with Gasteiger partial charge in [-0.2, -0.15) is 13.2 Å². The van der Waals surface area contributed by atoms with Crippen LogP contribution in [-0.2, 0) is 10.1 Å². The maximum absolute atomic E-state index is 10.7. The molecule has 4 nitrogen and oxygen atoms in total. The fourth-order valence-electron chi connectivity index (χ4n) is 1.92. The normalized spacial score (nSPS) is 11.7. The number of hydrogen-bond donors (Lipinski definition) is 0. The van der Waals surface area contributed by atoms with Crippen molar-refractivity contribution in [1.82, 2.24) is 0 Å². The molecular weight excluding hydrogens is 357 g/mol. The molecule has 0 atom stereocenters. The first-order valence-electron chi connectivity index (χ1n) is 6.98. The number of hydrogen-bond acceptors (Lipinski definition) is 3. The summed E-state index contributed by atoms with van der Waals surface area (Å²) in [6, 6.07) is 18.7. The molecule has 0 aliphatic heterocycles. The molecule has 3 rings (SSSR count). The van der Waals surface area contributed by atoms with E-state index in [1.165, 1.54) is 10.9 Å². The van der Waals surface area contributed by atoms with E-state index in [1.54, 1.807) is 0 Å². The highest BCUT2D eigenvalue weighted by molar-refractivity contribution is 7.86. The van der Waals surface area contributed by atoms with E-state index >= 15 is 0 Å². The van der Waals surface area contributed by atoms with Crippen LogP contribution in [0.5, 0.6) is 0 Å². The van der Waals surface area contributed by atoms with E-state index in [4.69, 9.17) is 17.4 Å². The van der Waals surface area contributed by atoms with Gasteiger partial charge in [-0.05, 0) is 30.5 Å². The Labute approximate surface area is 142 Å². The van der Waals surface area contributed by atoms with Gasteiger partial charge in [-0.1, -0.05) is 35.9 Å². The van der Waals surface area contributed by atoms with Crippen molar-refractivity contribution in [2.45, 2.75) is 12.4 Å². The molecule has 25 heavy (non-hydrogen) atoms. The summed E-state index contributed by atoms with van der Waals surface area (Å²) in [7, 11) is -6.09. The Balaban J connectivity index is 0.000000242. The fourth-order valence-corrected chi connectivity index (χ4v) is 1.92. The molecule has 0 radical (unpaired) electrons. The van der Waals surface area contributed by atoms with E-state index in [0.717, 1.165) is 16.7 Å². The van der Waals surface area contributed by atoms with Crippen molar-refractivity contribution in [2.75, 3.05) is 0 Å². The maximum atomic E-state index is 10.7. The Morgan fingerprint density at radius 3 is 2.00 bits per heavy atom. The second-order valence-electron chi connectivity index (χ2n) is 5.14. The van der Waals surface area contributed by atoms with Crippen LogP contribution in [0.25, 0.3) is 22.1 Å². The smallest absolute Gasteiger partial charge is 0.485 e. The van der Waals surface area contributed by atoms with Crippen LogP contribution in [0.2, 0.25) is 0 Å². The van der Waals surface area contributed by atoms with Crippen LogP contribution < -0.4 is 0 Å². The molecule has 0 fully saturated rings. The van der Waals surface area contributed by atoms with Crippen LogP contribution in [-0.4, -0.2) is 18.5 Å². The van der Waals surface area contributed by atoms with Crippen molar-refractivity contribution < 1.29 is 30.6 Å². The van der Waals surface area contributed by atoms with Crippen molar-refractivity contribution in [3.8, 4) is 11.3 Å². The summed E-state index contributed by atoms with van der Waals surface area (Å²) in [5.41, 5.74) is -3.27. The number of rotatable bonds is 1. The minimum atomic E-state index is -6.09. The van der Waals surface area contributed by atoms with Gasteiger partial charge in [0, 0.05) is 0 Å². The lowest BCUT2D eigenvalue weighted by atomic mass is 10.1. The molecule has 8 heteroatoms. The first kappa shape index (κ1) is 18.9. The zero-order valence-electron chi connectivity index (χ0n) is 12.9. The molecule has 2 aromatic carbocycles. The number of halogens is 3. The van der Waals surface area contributed by atoms with E-state index < -0.39 is 15.6 Å². The molecule has 0 aliphatic rings. The van der Waals surface area contributed by atoms with Crippen LogP contribution in [0.4, 0.5) is 13.2 Å². The number of aryl methyl sites for hydroxylation is 1. The molecule has 1 aromatic heterocycles. The summed E-state index contributed by atoms with van der Waals surface area (Å²) in [5.74, 6) is 0.906. The average molecular weight is 370 g/mol. The third kappa shape index (κ3) is 5.01. The van der Waals surface area contributed by atoms with Gasteiger partial charge in [0.1, 0.15) is 0 Å². The molecule has 3 aromatic rings. The highest BCUT2D eigenvalue weighted by atomic mass is 32.2. The molecule has 0 saturated carbocycles. The Morgan fingerprint density at radius 2 is 1.48 bits per heavy atom. The van der Waals surface area contributed by atoms with Crippen LogP contribution in [0.3, 0.4) is 0 Å². The van der Waals surface area contributed by atoms with E-state index in [9.17, 15) is 13.2 Å². The second kappa shape index (κ2) is 7.20. The third-order valence-electron chi connectivity index (χ3n) is 3.22. The largest absolute Gasteiger partial charge is 0.741 e. The molecule has 0 aliphatic carbocycles. The standard InChI is InChI=1S/C16H13O.CHF3O3S/c1-12-6-8-13(9-7-12)16-10-14-4-2-3-5-15(14)11-17-16;2-1(3,4)8(5,6)7/h2-11H,1H3;(H,5,6,7)/q+1;/p-1. The highest BCUT2D eigenvalue weighted by Crippen LogP contribution is 2.24. The van der Waals surface area contributed by atoms with E-state index in [0.29, 0.717) is 0 Å². The summed E-state index contributed by atoms with van der Waals surface area (Å²) in [4.78, 5) is 0. The van der Waals surface area contributed by atoms with Crippen molar-refractivity contribution in [1.29, 1.82) is 0 Å². The van der Waals surface area contributed by atoms with Gasteiger partial charge < -0.3 is 4.55 Å². The lowest BCUT2D eigenvalue weighted by Crippen LogP contribution is -2.21. The molecule has 0 N–H and O–H groups in total. The SMILES string of the molecule is Cc1ccc(-c2cc3ccccc3c[o+]2)cc1.O=S(=O)([O-])C(F)(F)F. The van der Waals surface area contributed by atoms with Crippen molar-refractivity contribution in [3.63, 3.8) is 0 Å². The number of fused-ring (bicyclic) bond motifs is 1. The Morgan fingerprint density at radius 1 is 0.960 bits per heavy atom. The minimum absolute atomic E-state index is 0.906. The van der Waals surface area contributed by atoms with E-state index in [-0.39, 0.29) is 0 Å². The number of benzene rings is 2. The molecule has 0 saturated heterocycles. The van der Waals surface area contributed by atoms with Crippen molar-refractivity contribution in [2.24, 2.45) is 0 Å². The van der Waals surface area contributed by atoms with Crippen LogP contribution >= 0.6 is 0 Å². The van der Waals surface area contributed by atoms with E-state index in [2.05, 4.69) is 49.4 Å². The van der Waals surface area contributed by atoms with Gasteiger partial charge in [0.15, 0.2) is 10.1 Å². The maximum Gasteiger partial charge on any atom is 0.485 e. The lowest BCUT2D eigenvalue weighted by molar-refractivity contribution is -0.0517. The van der Waals surface area contributed by atoms with Crippen LogP contribution in [0.15, 0.2) is 65.3 Å². The molecule has 132 valence electrons. The fraction of sp³-hybridized carbons (Fsp3) is 0.118. The summed E-state index contributed by atoms with van der Waals surface area (Å²) < 4.78 is 64.6. The Bertz CT molecular complexity index is 965. The van der Waals surface area contributed by atoms with Gasteiger partial charge in [-0.3, -0.25) is 0 Å². The van der Waals surface area contributed by atoms with E-state index in [1.807, 2.05) is 18.4 Å². The monoisotopic (exact) mass is 370 g/mol. The summed E-state index contributed by atoms with van der Waals surface area (Å²) in [6.45, 7) is 2.08. The van der Waals surface area contributed by atoms with Crippen molar-refractivity contribution >= 4 is 20.9 Å². The average Bonchev–Trinajstić information content (AvgIpc) is 2.54. The summed E-state index contributed by atoms with van der Waals surface area (Å²) in [6.07, 6.45) is 1.81. The molecule has 1 heterocycles. The minimum Gasteiger partial charge on any atom is -0.741 e. The van der Waals surface area contributed by atoms with Gasteiger partial charge >= 0.3 is 17.5 Å². The van der Waals surface area contributed by atoms with Gasteiger partial charge in [0.25, 0.3) is 0 Å². The first-order valence-corrected chi connectivity index (χ1v) is 8.38. The van der Waals surface area contributed by atoms with Gasteiger partial charge in [0.05, 0.1) is 17.0 Å². The van der Waals surface area contributed by atoms with Crippen LogP contribution in [0, 0.1) is 6.92 Å². The summed E-state index contributed by atoms with van der Waals surface area (Å²) in [5, 5.41) is 2.33. The van der Waals surface area contributed by atoms with Gasteiger partial charge in [0.2, 0.25) is 0 Å². The van der Waals surface area contributed by atoms with Gasteiger partial charge in [-0.25, -0.2) is 12.8 Å².